The molecule has 2 aromatic carbocycles. The van der Waals surface area contributed by atoms with Gasteiger partial charge in [-0.25, -0.2) is 8.42 Å². The van der Waals surface area contributed by atoms with Crippen molar-refractivity contribution in [3.05, 3.63) is 53.6 Å². The Balaban J connectivity index is 2.39. The molecular weight excluding hydrogens is 274 g/mol. The van der Waals surface area contributed by atoms with Crippen molar-refractivity contribution in [1.82, 2.24) is 0 Å². The van der Waals surface area contributed by atoms with Gasteiger partial charge in [-0.1, -0.05) is 12.1 Å². The summed E-state index contributed by atoms with van der Waals surface area (Å²) in [5.74, 6) is 0.789. The van der Waals surface area contributed by atoms with E-state index >= 15 is 0 Å². The zero-order chi connectivity index (χ0) is 14.8. The molecule has 2 rings (SSSR count). The van der Waals surface area contributed by atoms with Crippen LogP contribution in [0.1, 0.15) is 11.1 Å². The van der Waals surface area contributed by atoms with Crippen molar-refractivity contribution in [1.29, 1.82) is 5.26 Å². The van der Waals surface area contributed by atoms with E-state index in [1.54, 1.807) is 24.3 Å². The SMILES string of the molecule is Cc1ccc(Oc2cccc(S(C)(=O)=O)c2)c(C#N)c1. The second kappa shape index (κ2) is 5.35. The van der Waals surface area contributed by atoms with Crippen molar-refractivity contribution in [3.63, 3.8) is 0 Å². The lowest BCUT2D eigenvalue weighted by molar-refractivity contribution is 0.479. The van der Waals surface area contributed by atoms with Crippen LogP contribution in [0.5, 0.6) is 11.5 Å². The van der Waals surface area contributed by atoms with Gasteiger partial charge in [0.25, 0.3) is 0 Å². The molecule has 0 heterocycles. The summed E-state index contributed by atoms with van der Waals surface area (Å²) in [6.07, 6.45) is 1.14. The quantitative estimate of drug-likeness (QED) is 0.870. The van der Waals surface area contributed by atoms with Gasteiger partial charge >= 0.3 is 0 Å². The van der Waals surface area contributed by atoms with E-state index < -0.39 is 9.84 Å². The van der Waals surface area contributed by atoms with Crippen LogP contribution in [0.15, 0.2) is 47.4 Å². The molecule has 5 heteroatoms. The first kappa shape index (κ1) is 14.1. The van der Waals surface area contributed by atoms with Gasteiger partial charge in [0.15, 0.2) is 9.84 Å². The fraction of sp³-hybridized carbons (Fsp3) is 0.133. The van der Waals surface area contributed by atoms with Gasteiger partial charge in [0.05, 0.1) is 10.5 Å². The van der Waals surface area contributed by atoms with Crippen molar-refractivity contribution in [2.24, 2.45) is 0 Å². The number of benzene rings is 2. The average Bonchev–Trinajstić information content (AvgIpc) is 2.40. The predicted molar refractivity (Wildman–Crippen MR) is 75.5 cm³/mol. The number of nitrogens with zero attached hydrogens (tertiary/aromatic N) is 1. The first-order valence-corrected chi connectivity index (χ1v) is 7.78. The molecule has 0 aliphatic carbocycles. The molecule has 4 nitrogen and oxygen atoms in total. The van der Waals surface area contributed by atoms with Crippen molar-refractivity contribution in [3.8, 4) is 17.6 Å². The summed E-state index contributed by atoms with van der Waals surface area (Å²) in [6.45, 7) is 1.88. The average molecular weight is 287 g/mol. The highest BCUT2D eigenvalue weighted by atomic mass is 32.2. The third-order valence-corrected chi connectivity index (χ3v) is 3.83. The fourth-order valence-electron chi connectivity index (χ4n) is 1.72. The smallest absolute Gasteiger partial charge is 0.175 e. The van der Waals surface area contributed by atoms with Crippen LogP contribution in [0.4, 0.5) is 0 Å². The monoisotopic (exact) mass is 287 g/mol. The Kier molecular flexibility index (Phi) is 3.77. The van der Waals surface area contributed by atoms with Crippen LogP contribution < -0.4 is 4.74 Å². The van der Waals surface area contributed by atoms with E-state index in [1.807, 2.05) is 13.0 Å². The van der Waals surface area contributed by atoms with E-state index in [9.17, 15) is 8.42 Å². The van der Waals surface area contributed by atoms with Crippen LogP contribution in [0, 0.1) is 18.3 Å². The van der Waals surface area contributed by atoms with E-state index in [2.05, 4.69) is 6.07 Å². The van der Waals surface area contributed by atoms with E-state index in [-0.39, 0.29) is 4.90 Å². The zero-order valence-electron chi connectivity index (χ0n) is 11.1. The molecule has 102 valence electrons. The number of aryl methyl sites for hydroxylation is 1. The first-order valence-electron chi connectivity index (χ1n) is 5.89. The summed E-state index contributed by atoms with van der Waals surface area (Å²) in [4.78, 5) is 0.181. The minimum Gasteiger partial charge on any atom is -0.456 e. The van der Waals surface area contributed by atoms with Gasteiger partial charge in [-0.15, -0.1) is 0 Å². The van der Waals surface area contributed by atoms with Gasteiger partial charge in [-0.2, -0.15) is 5.26 Å². The molecule has 0 aliphatic heterocycles. The minimum atomic E-state index is -3.29. The second-order valence-electron chi connectivity index (χ2n) is 4.46. The lowest BCUT2D eigenvalue weighted by atomic mass is 10.1. The third-order valence-electron chi connectivity index (χ3n) is 2.72. The number of hydrogen-bond acceptors (Lipinski definition) is 4. The van der Waals surface area contributed by atoms with Gasteiger partial charge in [-0.05, 0) is 42.8 Å². The molecule has 0 saturated carbocycles. The highest BCUT2D eigenvalue weighted by molar-refractivity contribution is 7.90. The van der Waals surface area contributed by atoms with Crippen molar-refractivity contribution >= 4 is 9.84 Å². The summed E-state index contributed by atoms with van der Waals surface area (Å²) in [6, 6.07) is 13.5. The van der Waals surface area contributed by atoms with E-state index in [0.29, 0.717) is 17.1 Å². The Morgan fingerprint density at radius 3 is 2.55 bits per heavy atom. The highest BCUT2D eigenvalue weighted by Gasteiger charge is 2.10. The topological polar surface area (TPSA) is 67.2 Å². The fourth-order valence-corrected chi connectivity index (χ4v) is 2.37. The number of ether oxygens (including phenoxy) is 1. The molecule has 0 amide bonds. The first-order chi connectivity index (χ1) is 9.40. The normalized spacial score (nSPS) is 10.8. The molecule has 0 N–H and O–H groups in total. The molecule has 20 heavy (non-hydrogen) atoms. The summed E-state index contributed by atoms with van der Waals surface area (Å²) in [5.41, 5.74) is 1.37. The molecule has 0 unspecified atom stereocenters. The molecule has 0 atom stereocenters. The molecular formula is C15H13NO3S. The molecule has 0 spiro atoms. The van der Waals surface area contributed by atoms with E-state index in [4.69, 9.17) is 10.00 Å². The Bertz CT molecular complexity index is 789. The van der Waals surface area contributed by atoms with E-state index in [0.717, 1.165) is 11.8 Å². The lowest BCUT2D eigenvalue weighted by Gasteiger charge is -2.09. The second-order valence-corrected chi connectivity index (χ2v) is 6.48. The van der Waals surface area contributed by atoms with Crippen molar-refractivity contribution < 1.29 is 13.2 Å². The standard InChI is InChI=1S/C15H13NO3S/c1-11-6-7-15(12(8-11)10-16)19-13-4-3-5-14(9-13)20(2,17)18/h3-9H,1-2H3. The van der Waals surface area contributed by atoms with E-state index in [1.165, 1.54) is 12.1 Å². The van der Waals surface area contributed by atoms with Crippen LogP contribution in [0.2, 0.25) is 0 Å². The Hall–Kier alpha value is -2.32. The van der Waals surface area contributed by atoms with Gasteiger partial charge in [0, 0.05) is 6.26 Å². The van der Waals surface area contributed by atoms with Crippen LogP contribution in [-0.2, 0) is 9.84 Å². The summed E-state index contributed by atoms with van der Waals surface area (Å²) < 4.78 is 28.6. The number of rotatable bonds is 3. The maximum absolute atomic E-state index is 11.5. The van der Waals surface area contributed by atoms with Gasteiger partial charge in [-0.3, -0.25) is 0 Å². The van der Waals surface area contributed by atoms with Crippen molar-refractivity contribution in [2.75, 3.05) is 6.26 Å². The summed E-state index contributed by atoms with van der Waals surface area (Å²) in [5, 5.41) is 9.08. The minimum absolute atomic E-state index is 0.181. The summed E-state index contributed by atoms with van der Waals surface area (Å²) in [7, 11) is -3.29. The largest absolute Gasteiger partial charge is 0.456 e. The molecule has 0 aromatic heterocycles. The third kappa shape index (κ3) is 3.16. The number of nitriles is 1. The Labute approximate surface area is 118 Å². The number of sulfone groups is 1. The van der Waals surface area contributed by atoms with Crippen LogP contribution in [-0.4, -0.2) is 14.7 Å². The lowest BCUT2D eigenvalue weighted by Crippen LogP contribution is -1.97. The molecule has 0 aliphatic rings. The molecule has 0 bridgehead atoms. The van der Waals surface area contributed by atoms with Crippen LogP contribution in [0.3, 0.4) is 0 Å². The number of hydrogen-bond donors (Lipinski definition) is 0. The molecule has 0 saturated heterocycles. The summed E-state index contributed by atoms with van der Waals surface area (Å²) >= 11 is 0. The van der Waals surface area contributed by atoms with Gasteiger partial charge < -0.3 is 4.74 Å². The predicted octanol–water partition coefficient (Wildman–Crippen LogP) is 3.06. The van der Waals surface area contributed by atoms with Gasteiger partial charge in [0.2, 0.25) is 0 Å². The molecule has 0 fully saturated rings. The zero-order valence-corrected chi connectivity index (χ0v) is 11.9. The van der Waals surface area contributed by atoms with Crippen LogP contribution in [0.25, 0.3) is 0 Å². The highest BCUT2D eigenvalue weighted by Crippen LogP contribution is 2.27. The molecule has 0 radical (unpaired) electrons. The molecule has 2 aromatic rings. The maximum Gasteiger partial charge on any atom is 0.175 e. The van der Waals surface area contributed by atoms with Gasteiger partial charge in [0.1, 0.15) is 17.6 Å². The van der Waals surface area contributed by atoms with Crippen LogP contribution >= 0.6 is 0 Å². The Morgan fingerprint density at radius 1 is 1.15 bits per heavy atom. The maximum atomic E-state index is 11.5. The van der Waals surface area contributed by atoms with Crippen molar-refractivity contribution in [2.45, 2.75) is 11.8 Å². The Morgan fingerprint density at radius 2 is 1.90 bits per heavy atom.